The molecule has 2 fully saturated rings. The van der Waals surface area contributed by atoms with Crippen LogP contribution in [-0.2, 0) is 0 Å². The van der Waals surface area contributed by atoms with Gasteiger partial charge in [0.15, 0.2) is 0 Å². The molecule has 98 valence electrons. The topological polar surface area (TPSA) is 87.9 Å². The third kappa shape index (κ3) is 1.95. The van der Waals surface area contributed by atoms with Crippen molar-refractivity contribution in [1.82, 2.24) is 20.1 Å². The molecule has 3 N–H and O–H groups in total. The Labute approximate surface area is 106 Å². The number of anilines is 1. The van der Waals surface area contributed by atoms with E-state index in [0.717, 1.165) is 19.4 Å². The molecule has 1 saturated heterocycles. The summed E-state index contributed by atoms with van der Waals surface area (Å²) in [6, 6.07) is 0.395. The molecule has 0 spiro atoms. The number of nitrogens with one attached hydrogen (secondary N) is 1. The summed E-state index contributed by atoms with van der Waals surface area (Å²) >= 11 is 0. The number of hydrogen-bond acceptors (Lipinski definition) is 4. The van der Waals surface area contributed by atoms with E-state index < -0.39 is 0 Å². The smallest absolute Gasteiger partial charge is 0.291 e. The van der Waals surface area contributed by atoms with Crippen LogP contribution in [0.25, 0.3) is 0 Å². The van der Waals surface area contributed by atoms with Crippen LogP contribution in [0.1, 0.15) is 49.1 Å². The molecule has 3 rings (SSSR count). The van der Waals surface area contributed by atoms with E-state index >= 15 is 0 Å². The summed E-state index contributed by atoms with van der Waals surface area (Å²) in [4.78, 5) is 18.3. The molecule has 0 aromatic carbocycles. The van der Waals surface area contributed by atoms with E-state index in [2.05, 4.69) is 15.2 Å². The first-order valence-electron chi connectivity index (χ1n) is 6.74. The second kappa shape index (κ2) is 4.59. The first-order chi connectivity index (χ1) is 8.75. The van der Waals surface area contributed by atoms with Gasteiger partial charge < -0.3 is 10.6 Å². The number of piperidine rings is 1. The third-order valence-corrected chi connectivity index (χ3v) is 4.21. The van der Waals surface area contributed by atoms with E-state index in [9.17, 15) is 4.79 Å². The van der Waals surface area contributed by atoms with E-state index in [0.29, 0.717) is 12.0 Å². The van der Waals surface area contributed by atoms with Crippen LogP contribution in [0.5, 0.6) is 0 Å². The summed E-state index contributed by atoms with van der Waals surface area (Å²) in [6.07, 6.45) is 7.26. The number of aromatic amines is 1. The van der Waals surface area contributed by atoms with Crippen LogP contribution in [0.4, 0.5) is 5.95 Å². The number of rotatable bonds is 1. The molecule has 6 nitrogen and oxygen atoms in total. The lowest BCUT2D eigenvalue weighted by atomic mass is 9.78. The maximum absolute atomic E-state index is 12.4. The van der Waals surface area contributed by atoms with Crippen LogP contribution in [0.15, 0.2) is 0 Å². The second-order valence-corrected chi connectivity index (χ2v) is 5.29. The van der Waals surface area contributed by atoms with Crippen LogP contribution in [0.2, 0.25) is 0 Å². The van der Waals surface area contributed by atoms with Crippen LogP contribution < -0.4 is 5.73 Å². The van der Waals surface area contributed by atoms with E-state index in [1.54, 1.807) is 0 Å². The Hall–Kier alpha value is -1.59. The van der Waals surface area contributed by atoms with Crippen molar-refractivity contribution in [3.8, 4) is 0 Å². The number of nitrogens with two attached hydrogens (primary N) is 1. The number of nitrogen functional groups attached to an aromatic ring is 1. The van der Waals surface area contributed by atoms with Gasteiger partial charge in [-0.3, -0.25) is 9.89 Å². The van der Waals surface area contributed by atoms with Gasteiger partial charge >= 0.3 is 0 Å². The van der Waals surface area contributed by atoms with Gasteiger partial charge in [0, 0.05) is 12.6 Å². The van der Waals surface area contributed by atoms with Crippen LogP contribution >= 0.6 is 0 Å². The zero-order valence-electron chi connectivity index (χ0n) is 10.4. The molecule has 1 amide bonds. The lowest BCUT2D eigenvalue weighted by molar-refractivity contribution is 0.0380. The molecule has 2 heterocycles. The largest absolute Gasteiger partial charge is 0.366 e. The highest BCUT2D eigenvalue weighted by Gasteiger charge is 2.36. The van der Waals surface area contributed by atoms with Crippen molar-refractivity contribution in [1.29, 1.82) is 0 Å². The van der Waals surface area contributed by atoms with Gasteiger partial charge in [0.1, 0.15) is 0 Å². The number of fused-ring (bicyclic) bond motifs is 1. The van der Waals surface area contributed by atoms with Crippen LogP contribution in [-0.4, -0.2) is 38.6 Å². The molecule has 1 aliphatic carbocycles. The highest BCUT2D eigenvalue weighted by Crippen LogP contribution is 2.35. The predicted octanol–water partition coefficient (Wildman–Crippen LogP) is 1.18. The monoisotopic (exact) mass is 249 g/mol. The van der Waals surface area contributed by atoms with Crippen molar-refractivity contribution in [3.05, 3.63) is 5.82 Å². The standard InChI is InChI=1S/C12H19N5O/c13-12-14-10(15-16-12)11(18)17-7-3-5-8-4-1-2-6-9(8)17/h8-9H,1-7H2,(H3,13,14,15,16)/t8-,9-/m1/s1. The molecular weight excluding hydrogens is 230 g/mol. The number of aromatic nitrogens is 3. The molecule has 0 unspecified atom stereocenters. The van der Waals surface area contributed by atoms with Gasteiger partial charge in [-0.15, -0.1) is 5.10 Å². The summed E-state index contributed by atoms with van der Waals surface area (Å²) in [5, 5.41) is 6.35. The van der Waals surface area contributed by atoms with Crippen molar-refractivity contribution in [3.63, 3.8) is 0 Å². The Kier molecular flexibility index (Phi) is 2.93. The number of carbonyl (C=O) groups excluding carboxylic acids is 1. The van der Waals surface area contributed by atoms with Gasteiger partial charge in [-0.05, 0) is 31.6 Å². The number of likely N-dealkylation sites (tertiary alicyclic amines) is 1. The van der Waals surface area contributed by atoms with E-state index in [1.165, 1.54) is 25.7 Å². The first-order valence-corrected chi connectivity index (χ1v) is 6.74. The van der Waals surface area contributed by atoms with Crippen molar-refractivity contribution < 1.29 is 4.79 Å². The maximum atomic E-state index is 12.4. The van der Waals surface area contributed by atoms with Crippen molar-refractivity contribution in [2.24, 2.45) is 5.92 Å². The fourth-order valence-corrected chi connectivity index (χ4v) is 3.38. The summed E-state index contributed by atoms with van der Waals surface area (Å²) in [5.41, 5.74) is 5.45. The highest BCUT2D eigenvalue weighted by atomic mass is 16.2. The van der Waals surface area contributed by atoms with E-state index in [1.807, 2.05) is 4.90 Å². The average molecular weight is 249 g/mol. The number of carbonyl (C=O) groups is 1. The summed E-state index contributed by atoms with van der Waals surface area (Å²) < 4.78 is 0. The van der Waals surface area contributed by atoms with Crippen LogP contribution in [0, 0.1) is 5.92 Å². The molecule has 2 aliphatic rings. The summed E-state index contributed by atoms with van der Waals surface area (Å²) in [7, 11) is 0. The highest BCUT2D eigenvalue weighted by molar-refractivity contribution is 5.91. The fourth-order valence-electron chi connectivity index (χ4n) is 3.38. The third-order valence-electron chi connectivity index (χ3n) is 4.21. The van der Waals surface area contributed by atoms with Gasteiger partial charge in [-0.25, -0.2) is 0 Å². The Morgan fingerprint density at radius 3 is 2.83 bits per heavy atom. The molecule has 1 aliphatic heterocycles. The minimum Gasteiger partial charge on any atom is -0.366 e. The quantitative estimate of drug-likeness (QED) is 0.782. The zero-order valence-corrected chi connectivity index (χ0v) is 10.4. The lowest BCUT2D eigenvalue weighted by Gasteiger charge is -2.43. The number of hydrogen-bond donors (Lipinski definition) is 2. The fraction of sp³-hybridized carbons (Fsp3) is 0.750. The molecule has 1 aromatic rings. The molecule has 1 aromatic heterocycles. The average Bonchev–Trinajstić information content (AvgIpc) is 2.84. The minimum atomic E-state index is -0.0456. The molecule has 0 radical (unpaired) electrons. The molecule has 0 bridgehead atoms. The van der Waals surface area contributed by atoms with Gasteiger partial charge in [-0.1, -0.05) is 12.8 Å². The maximum Gasteiger partial charge on any atom is 0.291 e. The normalized spacial score (nSPS) is 27.9. The molecule has 18 heavy (non-hydrogen) atoms. The van der Waals surface area contributed by atoms with Crippen molar-refractivity contribution >= 4 is 11.9 Å². The molecule has 2 atom stereocenters. The molecule has 1 saturated carbocycles. The van der Waals surface area contributed by atoms with E-state index in [4.69, 9.17) is 5.73 Å². The van der Waals surface area contributed by atoms with Crippen molar-refractivity contribution in [2.75, 3.05) is 12.3 Å². The SMILES string of the molecule is Nc1n[nH]c(C(=O)N2CCC[C@H]3CCCC[C@H]32)n1. The summed E-state index contributed by atoms with van der Waals surface area (Å²) in [5.74, 6) is 1.04. The first kappa shape index (κ1) is 11.5. The van der Waals surface area contributed by atoms with Gasteiger partial charge in [0.25, 0.3) is 5.91 Å². The van der Waals surface area contributed by atoms with Gasteiger partial charge in [-0.2, -0.15) is 4.98 Å². The lowest BCUT2D eigenvalue weighted by Crippen LogP contribution is -2.49. The minimum absolute atomic E-state index is 0.0456. The predicted molar refractivity (Wildman–Crippen MR) is 66.8 cm³/mol. The zero-order chi connectivity index (χ0) is 12.5. The molecule has 6 heteroatoms. The summed E-state index contributed by atoms with van der Waals surface area (Å²) in [6.45, 7) is 0.834. The Morgan fingerprint density at radius 1 is 1.28 bits per heavy atom. The Bertz CT molecular complexity index is 441. The Morgan fingerprint density at radius 2 is 2.06 bits per heavy atom. The van der Waals surface area contributed by atoms with Gasteiger partial charge in [0.05, 0.1) is 0 Å². The van der Waals surface area contributed by atoms with Gasteiger partial charge in [0.2, 0.25) is 11.8 Å². The second-order valence-electron chi connectivity index (χ2n) is 5.29. The number of amides is 1. The molecular formula is C12H19N5O. The van der Waals surface area contributed by atoms with E-state index in [-0.39, 0.29) is 17.7 Å². The number of nitrogens with zero attached hydrogens (tertiary/aromatic N) is 3. The Balaban J connectivity index is 1.79. The van der Waals surface area contributed by atoms with Crippen molar-refractivity contribution in [2.45, 2.75) is 44.6 Å². The number of H-pyrrole nitrogens is 1. The van der Waals surface area contributed by atoms with Crippen LogP contribution in [0.3, 0.4) is 0 Å².